The molecule has 2 aromatic heterocycles. The number of para-hydroxylation sites is 1. The van der Waals surface area contributed by atoms with Crippen LogP contribution in [0.15, 0.2) is 41.3 Å². The Morgan fingerprint density at radius 3 is 2.44 bits per heavy atom. The van der Waals surface area contributed by atoms with Gasteiger partial charge in [0.1, 0.15) is 11.3 Å². The number of aromatic hydroxyl groups is 1. The number of hydrogen-bond donors (Lipinski definition) is 3. The molecule has 0 aliphatic carbocycles. The molecular formula is C19H23N3O3. The van der Waals surface area contributed by atoms with Crippen LogP contribution in [0.5, 0.6) is 5.75 Å². The first kappa shape index (κ1) is 18.5. The predicted octanol–water partition coefficient (Wildman–Crippen LogP) is 2.67. The summed E-state index contributed by atoms with van der Waals surface area (Å²) in [5.41, 5.74) is 1.79. The first-order valence-corrected chi connectivity index (χ1v) is 8.02. The summed E-state index contributed by atoms with van der Waals surface area (Å²) in [6.45, 7) is 4.22. The van der Waals surface area contributed by atoms with Gasteiger partial charge in [0.2, 0.25) is 0 Å². The van der Waals surface area contributed by atoms with Gasteiger partial charge in [-0.25, -0.2) is 0 Å². The number of phenols is 1. The molecule has 0 aliphatic rings. The summed E-state index contributed by atoms with van der Waals surface area (Å²) in [4.78, 5) is 25.8. The number of H-pyrrole nitrogens is 1. The number of aldehydes is 1. The van der Waals surface area contributed by atoms with Crippen LogP contribution in [-0.2, 0) is 7.05 Å². The Balaban J connectivity index is 0.000000399. The summed E-state index contributed by atoms with van der Waals surface area (Å²) in [7, 11) is 3.58. The molecule has 1 aromatic carbocycles. The summed E-state index contributed by atoms with van der Waals surface area (Å²) in [5.74, 6) is 0.126. The Kier molecular flexibility index (Phi) is 5.77. The van der Waals surface area contributed by atoms with Crippen LogP contribution in [0.2, 0.25) is 0 Å². The third-order valence-corrected chi connectivity index (χ3v) is 3.88. The number of aromatic amines is 1. The highest BCUT2D eigenvalue weighted by Crippen LogP contribution is 2.33. The maximum Gasteiger partial charge on any atom is 0.274 e. The number of nitrogens with one attached hydrogen (secondary N) is 2. The number of carbonyl (C=O) groups excluding carboxylic acids is 1. The third-order valence-electron chi connectivity index (χ3n) is 3.88. The van der Waals surface area contributed by atoms with Crippen molar-refractivity contribution in [1.29, 1.82) is 0 Å². The first-order valence-electron chi connectivity index (χ1n) is 8.02. The van der Waals surface area contributed by atoms with E-state index in [-0.39, 0.29) is 11.3 Å². The summed E-state index contributed by atoms with van der Waals surface area (Å²) < 4.78 is 1.43. The van der Waals surface area contributed by atoms with Crippen LogP contribution in [0.1, 0.15) is 24.3 Å². The van der Waals surface area contributed by atoms with E-state index < -0.39 is 0 Å². The van der Waals surface area contributed by atoms with Crippen molar-refractivity contribution in [3.63, 3.8) is 0 Å². The van der Waals surface area contributed by atoms with Gasteiger partial charge in [-0.1, -0.05) is 32.0 Å². The van der Waals surface area contributed by atoms with E-state index in [1.54, 1.807) is 43.6 Å². The van der Waals surface area contributed by atoms with Crippen molar-refractivity contribution in [2.24, 2.45) is 7.05 Å². The molecule has 0 radical (unpaired) electrons. The lowest BCUT2D eigenvalue weighted by molar-refractivity contribution is 0.112. The molecule has 0 bridgehead atoms. The molecule has 2 heterocycles. The van der Waals surface area contributed by atoms with Gasteiger partial charge in [-0.2, -0.15) is 0 Å². The van der Waals surface area contributed by atoms with E-state index in [1.807, 2.05) is 7.05 Å². The van der Waals surface area contributed by atoms with E-state index in [4.69, 9.17) is 0 Å². The first-order chi connectivity index (χ1) is 11.9. The van der Waals surface area contributed by atoms with Crippen molar-refractivity contribution in [1.82, 2.24) is 14.9 Å². The van der Waals surface area contributed by atoms with Gasteiger partial charge in [-0.15, -0.1) is 0 Å². The molecule has 0 amide bonds. The average Bonchev–Trinajstić information content (AvgIpc) is 3.04. The standard InChI is InChI=1S/C15H12N2O3.C4H11N/c1-17-7-12(10-4-2-3-5-13(10)19)11-6-9(8-18)16-14(11)15(17)20;1-4(2)5-3/h2-8,16,19H,1H3;4-5H,1-3H3. The zero-order valence-electron chi connectivity index (χ0n) is 14.8. The largest absolute Gasteiger partial charge is 0.507 e. The molecule has 3 N–H and O–H groups in total. The van der Waals surface area contributed by atoms with Crippen LogP contribution in [0, 0.1) is 0 Å². The van der Waals surface area contributed by atoms with Crippen LogP contribution >= 0.6 is 0 Å². The number of carbonyl (C=O) groups is 1. The van der Waals surface area contributed by atoms with E-state index in [0.717, 1.165) is 0 Å². The van der Waals surface area contributed by atoms with Crippen molar-refractivity contribution in [3.05, 3.63) is 52.6 Å². The molecule has 3 rings (SSSR count). The molecule has 132 valence electrons. The fraction of sp³-hybridized carbons (Fsp3) is 0.263. The van der Waals surface area contributed by atoms with E-state index in [2.05, 4.69) is 24.1 Å². The van der Waals surface area contributed by atoms with Crippen LogP contribution in [0.3, 0.4) is 0 Å². The van der Waals surface area contributed by atoms with Crippen molar-refractivity contribution in [2.45, 2.75) is 19.9 Å². The lowest BCUT2D eigenvalue weighted by Gasteiger charge is -2.08. The van der Waals surface area contributed by atoms with Crippen LogP contribution in [0.4, 0.5) is 0 Å². The number of phenolic OH excluding ortho intramolecular Hbond substituents is 1. The average molecular weight is 341 g/mol. The highest BCUT2D eigenvalue weighted by atomic mass is 16.3. The van der Waals surface area contributed by atoms with E-state index in [9.17, 15) is 14.7 Å². The summed E-state index contributed by atoms with van der Waals surface area (Å²) >= 11 is 0. The van der Waals surface area contributed by atoms with Crippen molar-refractivity contribution < 1.29 is 9.90 Å². The smallest absolute Gasteiger partial charge is 0.274 e. The fourth-order valence-electron chi connectivity index (χ4n) is 2.33. The molecule has 0 fully saturated rings. The zero-order chi connectivity index (χ0) is 18.6. The molecule has 0 aliphatic heterocycles. The number of aryl methyl sites for hydroxylation is 1. The summed E-state index contributed by atoms with van der Waals surface area (Å²) in [6, 6.07) is 9.13. The summed E-state index contributed by atoms with van der Waals surface area (Å²) in [6.07, 6.45) is 2.32. The summed E-state index contributed by atoms with van der Waals surface area (Å²) in [5, 5.41) is 13.6. The van der Waals surface area contributed by atoms with Gasteiger partial charge in [0.15, 0.2) is 6.29 Å². The third kappa shape index (κ3) is 3.97. The van der Waals surface area contributed by atoms with Gasteiger partial charge in [-0.3, -0.25) is 9.59 Å². The number of rotatable bonds is 3. The number of fused-ring (bicyclic) bond motifs is 1. The van der Waals surface area contributed by atoms with Gasteiger partial charge in [0.05, 0.1) is 5.69 Å². The highest BCUT2D eigenvalue weighted by molar-refractivity contribution is 5.98. The Labute approximate surface area is 146 Å². The molecule has 0 atom stereocenters. The van der Waals surface area contributed by atoms with E-state index in [1.165, 1.54) is 4.57 Å². The van der Waals surface area contributed by atoms with E-state index in [0.29, 0.717) is 40.1 Å². The Morgan fingerprint density at radius 2 is 1.88 bits per heavy atom. The minimum absolute atomic E-state index is 0.126. The van der Waals surface area contributed by atoms with Crippen molar-refractivity contribution >= 4 is 17.2 Å². The second kappa shape index (κ2) is 7.81. The lowest BCUT2D eigenvalue weighted by atomic mass is 10.0. The lowest BCUT2D eigenvalue weighted by Crippen LogP contribution is -2.16. The number of benzene rings is 1. The topological polar surface area (TPSA) is 87.1 Å². The number of pyridine rings is 1. The van der Waals surface area contributed by atoms with Crippen LogP contribution < -0.4 is 10.9 Å². The Morgan fingerprint density at radius 1 is 1.24 bits per heavy atom. The second-order valence-corrected chi connectivity index (χ2v) is 6.05. The van der Waals surface area contributed by atoms with Gasteiger partial charge >= 0.3 is 0 Å². The predicted molar refractivity (Wildman–Crippen MR) is 100 cm³/mol. The fourth-order valence-corrected chi connectivity index (χ4v) is 2.33. The maximum atomic E-state index is 12.1. The molecule has 6 heteroatoms. The number of hydrogen-bond acceptors (Lipinski definition) is 4. The number of nitrogens with zero attached hydrogens (tertiary/aromatic N) is 1. The van der Waals surface area contributed by atoms with Gasteiger partial charge in [0, 0.05) is 35.8 Å². The van der Waals surface area contributed by atoms with E-state index >= 15 is 0 Å². The second-order valence-electron chi connectivity index (χ2n) is 6.05. The maximum absolute atomic E-state index is 12.1. The highest BCUT2D eigenvalue weighted by Gasteiger charge is 2.14. The van der Waals surface area contributed by atoms with Gasteiger partial charge in [0.25, 0.3) is 5.56 Å². The quantitative estimate of drug-likeness (QED) is 0.639. The molecule has 25 heavy (non-hydrogen) atoms. The normalized spacial score (nSPS) is 10.6. The molecule has 0 spiro atoms. The van der Waals surface area contributed by atoms with Crippen molar-refractivity contribution in [3.8, 4) is 16.9 Å². The monoisotopic (exact) mass is 341 g/mol. The SMILES string of the molecule is CNC(C)C.Cn1cc(-c2ccccc2O)c2cc(C=O)[nH]c2c1=O. The van der Waals surface area contributed by atoms with Crippen molar-refractivity contribution in [2.75, 3.05) is 7.05 Å². The van der Waals surface area contributed by atoms with Crippen LogP contribution in [-0.4, -0.2) is 34.0 Å². The molecule has 0 saturated heterocycles. The minimum atomic E-state index is -0.215. The Bertz CT molecular complexity index is 939. The Hall–Kier alpha value is -2.86. The molecule has 0 saturated carbocycles. The zero-order valence-corrected chi connectivity index (χ0v) is 14.8. The number of aromatic nitrogens is 2. The molecule has 3 aromatic rings. The molecular weight excluding hydrogens is 318 g/mol. The minimum Gasteiger partial charge on any atom is -0.507 e. The van der Waals surface area contributed by atoms with Gasteiger partial charge in [-0.05, 0) is 19.2 Å². The van der Waals surface area contributed by atoms with Crippen LogP contribution in [0.25, 0.3) is 22.0 Å². The van der Waals surface area contributed by atoms with Gasteiger partial charge < -0.3 is 20.0 Å². The molecule has 0 unspecified atom stereocenters. The molecule has 6 nitrogen and oxygen atoms in total.